The van der Waals surface area contributed by atoms with Crippen LogP contribution in [0.3, 0.4) is 0 Å². The van der Waals surface area contributed by atoms with Gasteiger partial charge in [0.15, 0.2) is 0 Å². The van der Waals surface area contributed by atoms with Crippen molar-refractivity contribution in [3.63, 3.8) is 0 Å². The van der Waals surface area contributed by atoms with Gasteiger partial charge in [-0.2, -0.15) is 5.10 Å². The van der Waals surface area contributed by atoms with E-state index in [0.717, 1.165) is 11.3 Å². The molecule has 0 aliphatic heterocycles. The van der Waals surface area contributed by atoms with Gasteiger partial charge < -0.3 is 15.6 Å². The van der Waals surface area contributed by atoms with Crippen LogP contribution in [0.4, 0.5) is 5.69 Å². The lowest BCUT2D eigenvalue weighted by Gasteiger charge is -2.05. The molecule has 18 heavy (non-hydrogen) atoms. The van der Waals surface area contributed by atoms with E-state index in [2.05, 4.69) is 15.6 Å². The lowest BCUT2D eigenvalue weighted by molar-refractivity contribution is 0.0942. The van der Waals surface area contributed by atoms with E-state index < -0.39 is 0 Å². The van der Waals surface area contributed by atoms with Gasteiger partial charge >= 0.3 is 0 Å². The van der Waals surface area contributed by atoms with Crippen molar-refractivity contribution in [2.75, 3.05) is 5.73 Å². The molecule has 0 aliphatic rings. The van der Waals surface area contributed by atoms with Crippen LogP contribution in [0.1, 0.15) is 27.5 Å². The molecule has 0 unspecified atom stereocenters. The van der Waals surface area contributed by atoms with Gasteiger partial charge in [0.2, 0.25) is 0 Å². The Kier molecular flexibility index (Phi) is 3.05. The normalized spacial score (nSPS) is 10.6. The minimum absolute atomic E-state index is 0.271. The first-order valence-corrected chi connectivity index (χ1v) is 5.48. The van der Waals surface area contributed by atoms with E-state index in [1.807, 2.05) is 6.92 Å². The van der Waals surface area contributed by atoms with Crippen molar-refractivity contribution >= 4 is 11.6 Å². The number of carbonyl (C=O) groups excluding carboxylic acids is 1. The molecule has 0 atom stereocenters. The maximum atomic E-state index is 12.0. The zero-order valence-corrected chi connectivity index (χ0v) is 10.5. The molecule has 0 spiro atoms. The average Bonchev–Trinajstić information content (AvgIpc) is 2.81. The van der Waals surface area contributed by atoms with Crippen LogP contribution < -0.4 is 11.1 Å². The number of carbonyl (C=O) groups is 1. The summed E-state index contributed by atoms with van der Waals surface area (Å²) in [5, 5.41) is 10.5. The third-order valence-corrected chi connectivity index (χ3v) is 2.79. The van der Waals surface area contributed by atoms with Gasteiger partial charge in [-0.15, -0.1) is 0 Å². The van der Waals surface area contributed by atoms with Gasteiger partial charge in [0, 0.05) is 19.2 Å². The third-order valence-electron chi connectivity index (χ3n) is 2.79. The molecular weight excluding hydrogens is 234 g/mol. The van der Waals surface area contributed by atoms with Crippen LogP contribution in [-0.4, -0.2) is 20.8 Å². The Hall–Kier alpha value is -2.31. The van der Waals surface area contributed by atoms with Crippen molar-refractivity contribution in [2.45, 2.75) is 20.4 Å². The molecule has 7 heteroatoms. The molecule has 0 saturated carbocycles. The highest BCUT2D eigenvalue weighted by atomic mass is 16.5. The van der Waals surface area contributed by atoms with E-state index in [-0.39, 0.29) is 5.91 Å². The average molecular weight is 249 g/mol. The summed E-state index contributed by atoms with van der Waals surface area (Å²) in [4.78, 5) is 12.0. The molecule has 0 saturated heterocycles. The quantitative estimate of drug-likeness (QED) is 0.827. The fraction of sp³-hybridized carbons (Fsp3) is 0.364. The van der Waals surface area contributed by atoms with Gasteiger partial charge in [0.1, 0.15) is 11.5 Å². The van der Waals surface area contributed by atoms with Crippen LogP contribution in [0.2, 0.25) is 0 Å². The van der Waals surface area contributed by atoms with E-state index in [9.17, 15) is 4.79 Å². The van der Waals surface area contributed by atoms with Gasteiger partial charge in [0.25, 0.3) is 5.91 Å². The molecule has 0 aromatic carbocycles. The molecule has 2 rings (SSSR count). The highest BCUT2D eigenvalue weighted by Gasteiger charge is 2.16. The fourth-order valence-electron chi connectivity index (χ4n) is 1.74. The highest BCUT2D eigenvalue weighted by Crippen LogP contribution is 2.13. The van der Waals surface area contributed by atoms with Crippen molar-refractivity contribution in [1.82, 2.24) is 20.3 Å². The summed E-state index contributed by atoms with van der Waals surface area (Å²) in [7, 11) is 1.67. The Morgan fingerprint density at radius 3 is 2.78 bits per heavy atom. The maximum absolute atomic E-state index is 12.0. The van der Waals surface area contributed by atoms with Crippen LogP contribution in [-0.2, 0) is 13.6 Å². The minimum Gasteiger partial charge on any atom is -0.396 e. The Labute approximate surface area is 104 Å². The highest BCUT2D eigenvalue weighted by molar-refractivity contribution is 5.97. The van der Waals surface area contributed by atoms with E-state index in [4.69, 9.17) is 10.3 Å². The van der Waals surface area contributed by atoms with Gasteiger partial charge in [-0.05, 0) is 13.8 Å². The van der Waals surface area contributed by atoms with Crippen molar-refractivity contribution in [3.05, 3.63) is 28.9 Å². The predicted molar refractivity (Wildman–Crippen MR) is 64.8 cm³/mol. The van der Waals surface area contributed by atoms with Gasteiger partial charge in [-0.3, -0.25) is 9.48 Å². The summed E-state index contributed by atoms with van der Waals surface area (Å²) < 4.78 is 6.46. The summed E-state index contributed by atoms with van der Waals surface area (Å²) in [6.07, 6.45) is 1.45. The van der Waals surface area contributed by atoms with Gasteiger partial charge in [0.05, 0.1) is 17.6 Å². The monoisotopic (exact) mass is 249 g/mol. The van der Waals surface area contributed by atoms with E-state index >= 15 is 0 Å². The largest absolute Gasteiger partial charge is 0.396 e. The Balaban J connectivity index is 2.10. The summed E-state index contributed by atoms with van der Waals surface area (Å²) in [6.45, 7) is 3.99. The number of rotatable bonds is 3. The molecule has 0 bridgehead atoms. The molecule has 0 fully saturated rings. The molecule has 96 valence electrons. The molecule has 1 amide bonds. The molecule has 0 radical (unpaired) electrons. The predicted octanol–water partition coefficient (Wildman–Crippen LogP) is 0.537. The number of hydrogen-bond acceptors (Lipinski definition) is 5. The maximum Gasteiger partial charge on any atom is 0.271 e. The molecule has 2 heterocycles. The second-order valence-electron chi connectivity index (χ2n) is 4.06. The van der Waals surface area contributed by atoms with Crippen molar-refractivity contribution in [1.29, 1.82) is 0 Å². The van der Waals surface area contributed by atoms with Crippen LogP contribution in [0.5, 0.6) is 0 Å². The number of amides is 1. The number of anilines is 1. The van der Waals surface area contributed by atoms with E-state index in [1.54, 1.807) is 14.0 Å². The Bertz CT molecular complexity index is 545. The summed E-state index contributed by atoms with van der Waals surface area (Å²) in [5.41, 5.74) is 8.03. The molecule has 7 nitrogen and oxygen atoms in total. The Morgan fingerprint density at radius 1 is 1.56 bits per heavy atom. The van der Waals surface area contributed by atoms with Gasteiger partial charge in [-0.1, -0.05) is 5.16 Å². The number of nitrogens with one attached hydrogen (secondary N) is 1. The summed E-state index contributed by atoms with van der Waals surface area (Å²) >= 11 is 0. The number of nitrogen functional groups attached to an aromatic ring is 1. The SMILES string of the molecule is Cc1noc(C)c1CNC(=O)c1c(N)cnn1C. The molecule has 2 aromatic heterocycles. The van der Waals surface area contributed by atoms with Crippen LogP contribution in [0.25, 0.3) is 0 Å². The first-order valence-electron chi connectivity index (χ1n) is 5.48. The second-order valence-corrected chi connectivity index (χ2v) is 4.06. The third kappa shape index (κ3) is 2.06. The number of aromatic nitrogens is 3. The second kappa shape index (κ2) is 4.52. The standard InChI is InChI=1S/C11H15N5O2/c1-6-8(7(2)18-15-6)4-13-11(17)10-9(12)5-14-16(10)3/h5H,4,12H2,1-3H3,(H,13,17). The number of nitrogens with zero attached hydrogens (tertiary/aromatic N) is 3. The molecular formula is C11H15N5O2. The van der Waals surface area contributed by atoms with Gasteiger partial charge in [-0.25, -0.2) is 0 Å². The Morgan fingerprint density at radius 2 is 2.28 bits per heavy atom. The first kappa shape index (κ1) is 12.2. The number of nitrogens with two attached hydrogens (primary N) is 1. The first-order chi connectivity index (χ1) is 8.50. The van der Waals surface area contributed by atoms with E-state index in [0.29, 0.717) is 23.7 Å². The van der Waals surface area contributed by atoms with Crippen LogP contribution >= 0.6 is 0 Å². The van der Waals surface area contributed by atoms with Crippen molar-refractivity contribution in [2.24, 2.45) is 7.05 Å². The number of aryl methyl sites for hydroxylation is 3. The molecule has 2 aromatic rings. The minimum atomic E-state index is -0.271. The fourth-order valence-corrected chi connectivity index (χ4v) is 1.74. The topological polar surface area (TPSA) is 99.0 Å². The van der Waals surface area contributed by atoms with Crippen LogP contribution in [0.15, 0.2) is 10.7 Å². The summed E-state index contributed by atoms with van der Waals surface area (Å²) in [6, 6.07) is 0. The zero-order chi connectivity index (χ0) is 13.3. The van der Waals surface area contributed by atoms with Crippen molar-refractivity contribution in [3.8, 4) is 0 Å². The molecule has 0 aliphatic carbocycles. The van der Waals surface area contributed by atoms with Crippen molar-refractivity contribution < 1.29 is 9.32 Å². The lowest BCUT2D eigenvalue weighted by Crippen LogP contribution is -2.26. The van der Waals surface area contributed by atoms with E-state index in [1.165, 1.54) is 10.9 Å². The summed E-state index contributed by atoms with van der Waals surface area (Å²) in [5.74, 6) is 0.429. The molecule has 3 N–H and O–H groups in total. The zero-order valence-electron chi connectivity index (χ0n) is 10.5. The number of hydrogen-bond donors (Lipinski definition) is 2. The van der Waals surface area contributed by atoms with Crippen LogP contribution in [0, 0.1) is 13.8 Å². The lowest BCUT2D eigenvalue weighted by atomic mass is 10.2. The smallest absolute Gasteiger partial charge is 0.271 e.